The van der Waals surface area contributed by atoms with E-state index in [0.717, 1.165) is 5.56 Å². The van der Waals surface area contributed by atoms with Gasteiger partial charge in [0, 0.05) is 5.92 Å². The molecule has 0 spiro atoms. The molecule has 0 aliphatic carbocycles. The first-order chi connectivity index (χ1) is 10.1. The fraction of sp³-hybridized carbons (Fsp3) is 0.625. The van der Waals surface area contributed by atoms with Gasteiger partial charge in [-0.1, -0.05) is 30.3 Å². The topological polar surface area (TPSA) is 57.2 Å². The Bertz CT molecular complexity index is 461. The predicted molar refractivity (Wildman–Crippen MR) is 75.4 cm³/mol. The molecule has 1 aromatic carbocycles. The zero-order valence-electron chi connectivity index (χ0n) is 12.4. The van der Waals surface area contributed by atoms with Crippen LogP contribution in [0.2, 0.25) is 0 Å². The standard InChI is InChI=1S/C16H22O5/c1-16(2)20-14-12(8-17)13(19-15(14)21-16)10-18-9-11-6-4-3-5-7-11/h3-7,12-15,17H,8-10H2,1-2H3/t12-,13-,14-,15-/m1/s1. The summed E-state index contributed by atoms with van der Waals surface area (Å²) in [6.07, 6.45) is -0.845. The highest BCUT2D eigenvalue weighted by atomic mass is 16.8. The Kier molecular flexibility index (Phi) is 4.28. The molecular weight excluding hydrogens is 272 g/mol. The Balaban J connectivity index is 1.53. The lowest BCUT2D eigenvalue weighted by atomic mass is 10.00. The van der Waals surface area contributed by atoms with Crippen molar-refractivity contribution in [3.63, 3.8) is 0 Å². The van der Waals surface area contributed by atoms with Gasteiger partial charge < -0.3 is 24.1 Å². The number of aliphatic hydroxyl groups is 1. The summed E-state index contributed by atoms with van der Waals surface area (Å²) in [4.78, 5) is 0. The molecule has 4 atom stereocenters. The van der Waals surface area contributed by atoms with Crippen LogP contribution in [-0.2, 0) is 25.6 Å². The van der Waals surface area contributed by atoms with Crippen molar-refractivity contribution in [2.45, 2.75) is 44.7 Å². The molecule has 1 aromatic rings. The zero-order valence-corrected chi connectivity index (χ0v) is 12.4. The summed E-state index contributed by atoms with van der Waals surface area (Å²) >= 11 is 0. The quantitative estimate of drug-likeness (QED) is 0.895. The molecule has 2 saturated heterocycles. The second-order valence-electron chi connectivity index (χ2n) is 5.99. The smallest absolute Gasteiger partial charge is 0.188 e. The molecule has 0 saturated carbocycles. The molecular formula is C16H22O5. The SMILES string of the molecule is CC1(C)O[C@H]2O[C@H](COCc3ccccc3)[C@@H](CO)[C@H]2O1. The first-order valence-corrected chi connectivity index (χ1v) is 7.33. The Morgan fingerprint density at radius 3 is 2.67 bits per heavy atom. The van der Waals surface area contributed by atoms with Crippen molar-refractivity contribution in [3.8, 4) is 0 Å². The average Bonchev–Trinajstić information content (AvgIpc) is 2.91. The van der Waals surface area contributed by atoms with Gasteiger partial charge in [0.25, 0.3) is 0 Å². The molecule has 2 aliphatic rings. The van der Waals surface area contributed by atoms with Crippen LogP contribution in [0.4, 0.5) is 0 Å². The number of benzene rings is 1. The minimum Gasteiger partial charge on any atom is -0.396 e. The molecule has 5 heteroatoms. The summed E-state index contributed by atoms with van der Waals surface area (Å²) in [6, 6.07) is 9.97. The molecule has 2 heterocycles. The van der Waals surface area contributed by atoms with Crippen molar-refractivity contribution < 1.29 is 24.1 Å². The van der Waals surface area contributed by atoms with E-state index in [9.17, 15) is 5.11 Å². The van der Waals surface area contributed by atoms with E-state index < -0.39 is 12.1 Å². The predicted octanol–water partition coefficient (Wildman–Crippen LogP) is 1.69. The zero-order chi connectivity index (χ0) is 14.9. The van der Waals surface area contributed by atoms with Gasteiger partial charge in [0.2, 0.25) is 0 Å². The van der Waals surface area contributed by atoms with Crippen LogP contribution >= 0.6 is 0 Å². The molecule has 116 valence electrons. The van der Waals surface area contributed by atoms with E-state index in [4.69, 9.17) is 18.9 Å². The molecule has 2 aliphatic heterocycles. The summed E-state index contributed by atoms with van der Waals surface area (Å²) in [6.45, 7) is 4.65. The van der Waals surface area contributed by atoms with E-state index in [2.05, 4.69) is 0 Å². The molecule has 0 aromatic heterocycles. The highest BCUT2D eigenvalue weighted by Gasteiger charge is 2.54. The van der Waals surface area contributed by atoms with Crippen LogP contribution in [0, 0.1) is 5.92 Å². The number of ether oxygens (including phenoxy) is 4. The van der Waals surface area contributed by atoms with Crippen molar-refractivity contribution in [2.24, 2.45) is 5.92 Å². The molecule has 0 radical (unpaired) electrons. The van der Waals surface area contributed by atoms with Gasteiger partial charge in [-0.2, -0.15) is 0 Å². The molecule has 1 N–H and O–H groups in total. The molecule has 0 unspecified atom stereocenters. The van der Waals surface area contributed by atoms with Crippen molar-refractivity contribution >= 4 is 0 Å². The number of rotatable bonds is 5. The number of hydrogen-bond donors (Lipinski definition) is 1. The summed E-state index contributed by atoms with van der Waals surface area (Å²) in [5.74, 6) is -0.772. The monoisotopic (exact) mass is 294 g/mol. The lowest BCUT2D eigenvalue weighted by molar-refractivity contribution is -0.216. The minimum absolute atomic E-state index is 0.0000294. The normalized spacial score (nSPS) is 34.0. The van der Waals surface area contributed by atoms with Gasteiger partial charge in [-0.3, -0.25) is 0 Å². The first-order valence-electron chi connectivity index (χ1n) is 7.33. The van der Waals surface area contributed by atoms with E-state index >= 15 is 0 Å². The van der Waals surface area contributed by atoms with Gasteiger partial charge in [0.1, 0.15) is 6.10 Å². The Hall–Kier alpha value is -0.980. The van der Waals surface area contributed by atoms with E-state index in [-0.39, 0.29) is 24.7 Å². The second kappa shape index (κ2) is 6.02. The van der Waals surface area contributed by atoms with Gasteiger partial charge in [-0.05, 0) is 19.4 Å². The van der Waals surface area contributed by atoms with Crippen molar-refractivity contribution in [1.82, 2.24) is 0 Å². The lowest BCUT2D eigenvalue weighted by Gasteiger charge is -2.24. The summed E-state index contributed by atoms with van der Waals surface area (Å²) < 4.78 is 23.0. The molecule has 0 bridgehead atoms. The van der Waals surface area contributed by atoms with Gasteiger partial charge >= 0.3 is 0 Å². The van der Waals surface area contributed by atoms with Crippen molar-refractivity contribution in [1.29, 1.82) is 0 Å². The van der Waals surface area contributed by atoms with E-state index in [0.29, 0.717) is 13.2 Å². The van der Waals surface area contributed by atoms with Gasteiger partial charge in [0.05, 0.1) is 25.9 Å². The second-order valence-corrected chi connectivity index (χ2v) is 5.99. The van der Waals surface area contributed by atoms with Crippen LogP contribution in [0.5, 0.6) is 0 Å². The van der Waals surface area contributed by atoms with Gasteiger partial charge in [-0.15, -0.1) is 0 Å². The van der Waals surface area contributed by atoms with Crippen LogP contribution in [0.3, 0.4) is 0 Å². The minimum atomic E-state index is -0.654. The van der Waals surface area contributed by atoms with Crippen molar-refractivity contribution in [2.75, 3.05) is 13.2 Å². The van der Waals surface area contributed by atoms with Crippen LogP contribution in [-0.4, -0.2) is 42.6 Å². The van der Waals surface area contributed by atoms with Crippen LogP contribution in [0.1, 0.15) is 19.4 Å². The van der Waals surface area contributed by atoms with Gasteiger partial charge in [-0.25, -0.2) is 0 Å². The van der Waals surface area contributed by atoms with E-state index in [1.807, 2.05) is 44.2 Å². The molecule has 3 rings (SSSR count). The summed E-state index contributed by atoms with van der Waals surface area (Å²) in [7, 11) is 0. The molecule has 0 amide bonds. The average molecular weight is 294 g/mol. The first kappa shape index (κ1) is 14.9. The van der Waals surface area contributed by atoms with Gasteiger partial charge in [0.15, 0.2) is 12.1 Å². The van der Waals surface area contributed by atoms with E-state index in [1.54, 1.807) is 0 Å². The third kappa shape index (κ3) is 3.27. The molecule has 2 fully saturated rings. The lowest BCUT2D eigenvalue weighted by Crippen LogP contribution is -2.34. The third-order valence-corrected chi connectivity index (χ3v) is 3.90. The Labute approximate surface area is 124 Å². The third-order valence-electron chi connectivity index (χ3n) is 3.90. The highest BCUT2D eigenvalue weighted by molar-refractivity contribution is 5.13. The van der Waals surface area contributed by atoms with Crippen LogP contribution in [0.25, 0.3) is 0 Å². The van der Waals surface area contributed by atoms with E-state index in [1.165, 1.54) is 0 Å². The largest absolute Gasteiger partial charge is 0.396 e. The highest BCUT2D eigenvalue weighted by Crippen LogP contribution is 2.40. The maximum atomic E-state index is 9.60. The molecule has 21 heavy (non-hydrogen) atoms. The number of hydrogen-bond acceptors (Lipinski definition) is 5. The number of aliphatic hydroxyl groups excluding tert-OH is 1. The fourth-order valence-electron chi connectivity index (χ4n) is 2.89. The summed E-state index contributed by atoms with van der Waals surface area (Å²) in [5, 5.41) is 9.60. The maximum Gasteiger partial charge on any atom is 0.188 e. The Morgan fingerprint density at radius 1 is 1.19 bits per heavy atom. The van der Waals surface area contributed by atoms with Crippen LogP contribution in [0.15, 0.2) is 30.3 Å². The fourth-order valence-corrected chi connectivity index (χ4v) is 2.89. The Morgan fingerprint density at radius 2 is 1.95 bits per heavy atom. The number of fused-ring (bicyclic) bond motifs is 1. The summed E-state index contributed by atoms with van der Waals surface area (Å²) in [5.41, 5.74) is 1.12. The van der Waals surface area contributed by atoms with Crippen molar-refractivity contribution in [3.05, 3.63) is 35.9 Å². The van der Waals surface area contributed by atoms with Crippen LogP contribution < -0.4 is 0 Å². The molecule has 5 nitrogen and oxygen atoms in total. The maximum absolute atomic E-state index is 9.60.